The van der Waals surface area contributed by atoms with Crippen molar-refractivity contribution in [3.8, 4) is 0 Å². The SMILES string of the molecule is COC1CCCC1Nc1ccc(C(=O)O)c(F)c1. The van der Waals surface area contributed by atoms with E-state index in [1.165, 1.54) is 12.1 Å². The number of carboxylic acids is 1. The van der Waals surface area contributed by atoms with Gasteiger partial charge in [0.15, 0.2) is 0 Å². The van der Waals surface area contributed by atoms with E-state index >= 15 is 0 Å². The van der Waals surface area contributed by atoms with E-state index in [0.29, 0.717) is 5.69 Å². The molecule has 0 saturated heterocycles. The third-order valence-electron chi connectivity index (χ3n) is 3.31. The lowest BCUT2D eigenvalue weighted by atomic mass is 10.1. The highest BCUT2D eigenvalue weighted by molar-refractivity contribution is 5.88. The fraction of sp³-hybridized carbons (Fsp3) is 0.462. The summed E-state index contributed by atoms with van der Waals surface area (Å²) in [6, 6.07) is 4.23. The van der Waals surface area contributed by atoms with E-state index in [1.807, 2.05) is 0 Å². The summed E-state index contributed by atoms with van der Waals surface area (Å²) in [5, 5.41) is 11.9. The molecule has 1 aliphatic rings. The van der Waals surface area contributed by atoms with Gasteiger partial charge in [0.05, 0.1) is 17.7 Å². The fourth-order valence-corrected chi connectivity index (χ4v) is 2.37. The van der Waals surface area contributed by atoms with Crippen LogP contribution in [0, 0.1) is 5.82 Å². The van der Waals surface area contributed by atoms with Crippen molar-refractivity contribution in [2.75, 3.05) is 12.4 Å². The van der Waals surface area contributed by atoms with Gasteiger partial charge < -0.3 is 15.2 Å². The van der Waals surface area contributed by atoms with Crippen molar-refractivity contribution in [2.45, 2.75) is 31.4 Å². The summed E-state index contributed by atoms with van der Waals surface area (Å²) in [4.78, 5) is 10.7. The Morgan fingerprint density at radius 3 is 2.89 bits per heavy atom. The first-order valence-electron chi connectivity index (χ1n) is 5.94. The normalized spacial score (nSPS) is 23.0. The summed E-state index contributed by atoms with van der Waals surface area (Å²) < 4.78 is 18.8. The third-order valence-corrected chi connectivity index (χ3v) is 3.31. The summed E-state index contributed by atoms with van der Waals surface area (Å²) >= 11 is 0. The molecule has 98 valence electrons. The second kappa shape index (κ2) is 5.35. The van der Waals surface area contributed by atoms with Crippen molar-refractivity contribution < 1.29 is 19.0 Å². The molecule has 1 aromatic rings. The van der Waals surface area contributed by atoms with Crippen LogP contribution in [0.15, 0.2) is 18.2 Å². The molecule has 2 rings (SSSR count). The van der Waals surface area contributed by atoms with Gasteiger partial charge in [0.25, 0.3) is 0 Å². The zero-order valence-electron chi connectivity index (χ0n) is 10.1. The zero-order chi connectivity index (χ0) is 13.1. The van der Waals surface area contributed by atoms with Crippen LogP contribution in [0.4, 0.5) is 10.1 Å². The maximum Gasteiger partial charge on any atom is 0.338 e. The van der Waals surface area contributed by atoms with Crippen molar-refractivity contribution in [1.29, 1.82) is 0 Å². The van der Waals surface area contributed by atoms with Crippen molar-refractivity contribution in [2.24, 2.45) is 0 Å². The van der Waals surface area contributed by atoms with E-state index in [4.69, 9.17) is 9.84 Å². The minimum atomic E-state index is -1.25. The molecule has 0 amide bonds. The van der Waals surface area contributed by atoms with Gasteiger partial charge in [-0.25, -0.2) is 9.18 Å². The van der Waals surface area contributed by atoms with Gasteiger partial charge in [-0.15, -0.1) is 0 Å². The summed E-state index contributed by atoms with van der Waals surface area (Å²) in [6.45, 7) is 0. The highest BCUT2D eigenvalue weighted by Gasteiger charge is 2.27. The third kappa shape index (κ3) is 2.61. The predicted octanol–water partition coefficient (Wildman–Crippen LogP) is 2.50. The van der Waals surface area contributed by atoms with Gasteiger partial charge in [-0.05, 0) is 37.5 Å². The first-order valence-corrected chi connectivity index (χ1v) is 5.94. The Labute approximate surface area is 105 Å². The molecule has 5 heteroatoms. The number of hydrogen-bond acceptors (Lipinski definition) is 3. The molecule has 1 aromatic carbocycles. The zero-order valence-corrected chi connectivity index (χ0v) is 10.1. The van der Waals surface area contributed by atoms with Crippen LogP contribution >= 0.6 is 0 Å². The number of aromatic carboxylic acids is 1. The minimum Gasteiger partial charge on any atom is -0.478 e. The number of rotatable bonds is 4. The van der Waals surface area contributed by atoms with E-state index in [1.54, 1.807) is 13.2 Å². The standard InChI is InChI=1S/C13H16FNO3/c1-18-12-4-2-3-11(12)15-8-5-6-9(13(16)17)10(14)7-8/h5-7,11-12,15H,2-4H2,1H3,(H,16,17). The quantitative estimate of drug-likeness (QED) is 0.865. The predicted molar refractivity (Wildman–Crippen MR) is 65.4 cm³/mol. The maximum absolute atomic E-state index is 13.5. The van der Waals surface area contributed by atoms with Gasteiger partial charge in [0.2, 0.25) is 0 Å². The highest BCUT2D eigenvalue weighted by Crippen LogP contribution is 2.25. The number of ether oxygens (including phenoxy) is 1. The Hall–Kier alpha value is -1.62. The van der Waals surface area contributed by atoms with Crippen LogP contribution in [0.5, 0.6) is 0 Å². The van der Waals surface area contributed by atoms with Gasteiger partial charge in [0.1, 0.15) is 5.82 Å². The fourth-order valence-electron chi connectivity index (χ4n) is 2.37. The Bertz CT molecular complexity index is 450. The molecule has 0 heterocycles. The lowest BCUT2D eigenvalue weighted by molar-refractivity contribution is 0.0692. The van der Waals surface area contributed by atoms with E-state index < -0.39 is 11.8 Å². The molecule has 0 radical (unpaired) electrons. The van der Waals surface area contributed by atoms with Crippen LogP contribution in [0.3, 0.4) is 0 Å². The molecular weight excluding hydrogens is 237 g/mol. The Balaban J connectivity index is 2.10. The second-order valence-corrected chi connectivity index (χ2v) is 4.46. The largest absolute Gasteiger partial charge is 0.478 e. The van der Waals surface area contributed by atoms with Crippen molar-refractivity contribution in [1.82, 2.24) is 0 Å². The molecule has 1 saturated carbocycles. The number of anilines is 1. The minimum absolute atomic E-state index is 0.132. The first-order chi connectivity index (χ1) is 8.61. The number of halogens is 1. The van der Waals surface area contributed by atoms with Crippen LogP contribution in [-0.4, -0.2) is 30.3 Å². The monoisotopic (exact) mass is 253 g/mol. The Morgan fingerprint density at radius 2 is 2.28 bits per heavy atom. The molecule has 4 nitrogen and oxygen atoms in total. The molecule has 0 aromatic heterocycles. The van der Waals surface area contributed by atoms with Gasteiger partial charge in [-0.2, -0.15) is 0 Å². The van der Waals surface area contributed by atoms with Crippen LogP contribution in [0.1, 0.15) is 29.6 Å². The van der Waals surface area contributed by atoms with Crippen LogP contribution < -0.4 is 5.32 Å². The van der Waals surface area contributed by atoms with Crippen LogP contribution in [0.2, 0.25) is 0 Å². The van der Waals surface area contributed by atoms with E-state index in [-0.39, 0.29) is 17.7 Å². The smallest absolute Gasteiger partial charge is 0.338 e. The molecule has 0 spiro atoms. The summed E-state index contributed by atoms with van der Waals surface area (Å²) in [5.74, 6) is -1.98. The molecule has 1 aliphatic carbocycles. The van der Waals surface area contributed by atoms with Crippen LogP contribution in [0.25, 0.3) is 0 Å². The summed E-state index contributed by atoms with van der Waals surface area (Å²) in [7, 11) is 1.67. The van der Waals surface area contributed by atoms with Gasteiger partial charge in [-0.3, -0.25) is 0 Å². The van der Waals surface area contributed by atoms with E-state index in [0.717, 1.165) is 19.3 Å². The molecule has 0 bridgehead atoms. The number of nitrogens with one attached hydrogen (secondary N) is 1. The topological polar surface area (TPSA) is 58.6 Å². The summed E-state index contributed by atoms with van der Waals surface area (Å²) in [5.41, 5.74) is 0.279. The number of benzene rings is 1. The molecule has 2 unspecified atom stereocenters. The van der Waals surface area contributed by atoms with Crippen LogP contribution in [-0.2, 0) is 4.74 Å². The Morgan fingerprint density at radius 1 is 1.50 bits per heavy atom. The van der Waals surface area contributed by atoms with Crippen molar-refractivity contribution in [3.05, 3.63) is 29.6 Å². The van der Waals surface area contributed by atoms with Gasteiger partial charge >= 0.3 is 5.97 Å². The average Bonchev–Trinajstić information content (AvgIpc) is 2.76. The molecule has 18 heavy (non-hydrogen) atoms. The first kappa shape index (κ1) is 12.8. The highest BCUT2D eigenvalue weighted by atomic mass is 19.1. The molecule has 0 aliphatic heterocycles. The van der Waals surface area contributed by atoms with Crippen molar-refractivity contribution >= 4 is 11.7 Å². The lowest BCUT2D eigenvalue weighted by Gasteiger charge is -2.20. The summed E-state index contributed by atoms with van der Waals surface area (Å²) in [6.07, 6.45) is 3.17. The number of carbonyl (C=O) groups is 1. The average molecular weight is 253 g/mol. The van der Waals surface area contributed by atoms with Gasteiger partial charge in [0, 0.05) is 12.8 Å². The molecule has 2 atom stereocenters. The molecular formula is C13H16FNO3. The van der Waals surface area contributed by atoms with E-state index in [9.17, 15) is 9.18 Å². The van der Waals surface area contributed by atoms with Crippen molar-refractivity contribution in [3.63, 3.8) is 0 Å². The maximum atomic E-state index is 13.5. The Kier molecular flexibility index (Phi) is 3.81. The number of carboxylic acid groups (broad SMARTS) is 1. The number of methoxy groups -OCH3 is 1. The lowest BCUT2D eigenvalue weighted by Crippen LogP contribution is -2.29. The molecule has 2 N–H and O–H groups in total. The second-order valence-electron chi connectivity index (χ2n) is 4.46. The van der Waals surface area contributed by atoms with Gasteiger partial charge in [-0.1, -0.05) is 0 Å². The molecule has 1 fully saturated rings. The number of hydrogen-bond donors (Lipinski definition) is 2. The van der Waals surface area contributed by atoms with E-state index in [2.05, 4.69) is 5.32 Å².